The van der Waals surface area contributed by atoms with Crippen molar-refractivity contribution in [2.45, 2.75) is 63.8 Å². The van der Waals surface area contributed by atoms with Crippen LogP contribution in [0.5, 0.6) is 0 Å². The molecule has 0 N–H and O–H groups in total. The minimum atomic E-state index is -0.507. The third-order valence-electron chi connectivity index (χ3n) is 6.29. The Morgan fingerprint density at radius 1 is 1.19 bits per heavy atom. The number of rotatable bonds is 4. The van der Waals surface area contributed by atoms with Gasteiger partial charge in [0.2, 0.25) is 0 Å². The van der Waals surface area contributed by atoms with Crippen LogP contribution in [-0.4, -0.2) is 33.7 Å². The van der Waals surface area contributed by atoms with Gasteiger partial charge in [0.15, 0.2) is 5.13 Å². The number of nitrogens with zero attached hydrogens (tertiary/aromatic N) is 3. The SMILES string of the molecule is CC(C)n1c(=O)c(C(=O)O[C@H]2C[C@H]3CC[C@@H](C2)N3c2nccs2)cc2ccccc21.Cl. The number of aromatic nitrogens is 2. The first-order valence-corrected chi connectivity index (χ1v) is 11.4. The molecule has 2 fully saturated rings. The van der Waals surface area contributed by atoms with Gasteiger partial charge in [-0.05, 0) is 44.2 Å². The smallest absolute Gasteiger partial charge is 0.344 e. The van der Waals surface area contributed by atoms with Gasteiger partial charge in [0.25, 0.3) is 5.56 Å². The number of para-hydroxylation sites is 1. The Balaban J connectivity index is 0.00000231. The van der Waals surface area contributed by atoms with Crippen molar-refractivity contribution in [3.05, 3.63) is 57.8 Å². The molecule has 31 heavy (non-hydrogen) atoms. The summed E-state index contributed by atoms with van der Waals surface area (Å²) in [5.41, 5.74) is 0.679. The molecule has 0 saturated carbocycles. The second kappa shape index (κ2) is 8.63. The van der Waals surface area contributed by atoms with Crippen LogP contribution in [0.1, 0.15) is 55.9 Å². The molecule has 3 aromatic rings. The fourth-order valence-corrected chi connectivity index (χ4v) is 5.82. The molecule has 2 aliphatic heterocycles. The van der Waals surface area contributed by atoms with Crippen molar-refractivity contribution in [1.29, 1.82) is 0 Å². The van der Waals surface area contributed by atoms with Crippen LogP contribution in [0.4, 0.5) is 5.13 Å². The average Bonchev–Trinajstić information content (AvgIpc) is 3.33. The van der Waals surface area contributed by atoms with E-state index in [1.165, 1.54) is 0 Å². The molecule has 0 unspecified atom stereocenters. The van der Waals surface area contributed by atoms with Crippen molar-refractivity contribution in [1.82, 2.24) is 9.55 Å². The van der Waals surface area contributed by atoms with Crippen molar-refractivity contribution in [3.8, 4) is 0 Å². The summed E-state index contributed by atoms with van der Waals surface area (Å²) < 4.78 is 7.57. The summed E-state index contributed by atoms with van der Waals surface area (Å²) in [7, 11) is 0. The van der Waals surface area contributed by atoms with E-state index in [1.807, 2.05) is 49.7 Å². The number of benzene rings is 1. The van der Waals surface area contributed by atoms with Crippen molar-refractivity contribution < 1.29 is 9.53 Å². The summed E-state index contributed by atoms with van der Waals surface area (Å²) in [6.45, 7) is 3.91. The number of hydrogen-bond donors (Lipinski definition) is 0. The highest BCUT2D eigenvalue weighted by Gasteiger charge is 2.43. The molecule has 0 amide bonds. The summed E-state index contributed by atoms with van der Waals surface area (Å²) in [4.78, 5) is 33.0. The molecule has 2 aromatic heterocycles. The second-order valence-corrected chi connectivity index (χ2v) is 9.36. The van der Waals surface area contributed by atoms with Gasteiger partial charge in [0.05, 0.1) is 5.52 Å². The largest absolute Gasteiger partial charge is 0.458 e. The van der Waals surface area contributed by atoms with E-state index in [2.05, 4.69) is 9.88 Å². The Morgan fingerprint density at radius 2 is 1.90 bits per heavy atom. The molecule has 0 radical (unpaired) electrons. The summed E-state index contributed by atoms with van der Waals surface area (Å²) in [6.07, 6.45) is 5.43. The number of hydrogen-bond acceptors (Lipinski definition) is 6. The molecule has 6 nitrogen and oxygen atoms in total. The van der Waals surface area contributed by atoms with Gasteiger partial charge < -0.3 is 14.2 Å². The predicted molar refractivity (Wildman–Crippen MR) is 126 cm³/mol. The Bertz CT molecular complexity index is 1130. The molecule has 5 rings (SSSR count). The van der Waals surface area contributed by atoms with Crippen LogP contribution in [-0.2, 0) is 4.74 Å². The van der Waals surface area contributed by atoms with E-state index in [0.717, 1.165) is 41.7 Å². The third-order valence-corrected chi connectivity index (χ3v) is 7.07. The molecule has 0 spiro atoms. The van der Waals surface area contributed by atoms with Crippen LogP contribution in [0.15, 0.2) is 46.7 Å². The molecule has 1 aromatic carbocycles. The van der Waals surface area contributed by atoms with Crippen LogP contribution < -0.4 is 10.5 Å². The highest BCUT2D eigenvalue weighted by Crippen LogP contribution is 2.41. The number of ether oxygens (including phenoxy) is 1. The number of thiazole rings is 1. The van der Waals surface area contributed by atoms with Crippen LogP contribution in [0.2, 0.25) is 0 Å². The van der Waals surface area contributed by atoms with E-state index < -0.39 is 5.97 Å². The molecule has 2 bridgehead atoms. The molecule has 4 heterocycles. The highest BCUT2D eigenvalue weighted by atomic mass is 35.5. The van der Waals surface area contributed by atoms with Gasteiger partial charge in [0, 0.05) is 42.5 Å². The minimum Gasteiger partial charge on any atom is -0.458 e. The van der Waals surface area contributed by atoms with Crippen molar-refractivity contribution in [3.63, 3.8) is 0 Å². The zero-order valence-electron chi connectivity index (χ0n) is 17.6. The maximum absolute atomic E-state index is 13.1. The zero-order chi connectivity index (χ0) is 20.8. The van der Waals surface area contributed by atoms with Crippen molar-refractivity contribution >= 4 is 45.7 Å². The summed E-state index contributed by atoms with van der Waals surface area (Å²) in [5, 5.41) is 3.93. The lowest BCUT2D eigenvalue weighted by atomic mass is 10.00. The van der Waals surface area contributed by atoms with Gasteiger partial charge in [-0.15, -0.1) is 23.7 Å². The minimum absolute atomic E-state index is 0. The van der Waals surface area contributed by atoms with Gasteiger partial charge >= 0.3 is 5.97 Å². The van der Waals surface area contributed by atoms with Crippen LogP contribution >= 0.6 is 23.7 Å². The lowest BCUT2D eigenvalue weighted by molar-refractivity contribution is 0.0201. The Kier molecular flexibility index (Phi) is 6.08. The average molecular weight is 460 g/mol. The van der Waals surface area contributed by atoms with Gasteiger partial charge in [-0.3, -0.25) is 4.79 Å². The van der Waals surface area contributed by atoms with Crippen molar-refractivity contribution in [2.24, 2.45) is 0 Å². The molecule has 2 aliphatic rings. The Labute approximate surface area is 191 Å². The number of piperidine rings is 1. The van der Waals surface area contributed by atoms with Gasteiger partial charge in [-0.1, -0.05) is 18.2 Å². The van der Waals surface area contributed by atoms with Gasteiger partial charge in [-0.25, -0.2) is 9.78 Å². The van der Waals surface area contributed by atoms with Gasteiger partial charge in [0.1, 0.15) is 11.7 Å². The molecule has 8 heteroatoms. The quantitative estimate of drug-likeness (QED) is 0.523. The molecule has 164 valence electrons. The van der Waals surface area contributed by atoms with Crippen molar-refractivity contribution in [2.75, 3.05) is 4.90 Å². The monoisotopic (exact) mass is 459 g/mol. The fourth-order valence-electron chi connectivity index (χ4n) is 5.04. The maximum Gasteiger partial charge on any atom is 0.344 e. The van der Waals surface area contributed by atoms with E-state index in [1.54, 1.807) is 22.0 Å². The number of carbonyl (C=O) groups is 1. The number of fused-ring (bicyclic) bond motifs is 3. The number of esters is 1. The number of halogens is 1. The zero-order valence-corrected chi connectivity index (χ0v) is 19.2. The second-order valence-electron chi connectivity index (χ2n) is 8.49. The maximum atomic E-state index is 13.1. The number of pyridine rings is 1. The van der Waals surface area contributed by atoms with E-state index in [0.29, 0.717) is 12.1 Å². The Hall–Kier alpha value is -2.38. The summed E-state index contributed by atoms with van der Waals surface area (Å²) in [5.74, 6) is -0.507. The standard InChI is InChI=1S/C23H25N3O3S.ClH/c1-14(2)25-20-6-4-3-5-15(20)11-19(21(25)27)22(28)29-18-12-16-7-8-17(13-18)26(16)23-24-9-10-30-23;/h3-6,9-11,14,16-18H,7-8,12-13H2,1-2H3;1H/t16-,17+,18+;. The molecule has 0 aliphatic carbocycles. The van der Waals surface area contributed by atoms with E-state index in [9.17, 15) is 9.59 Å². The highest BCUT2D eigenvalue weighted by molar-refractivity contribution is 7.13. The van der Waals surface area contributed by atoms with E-state index in [4.69, 9.17) is 4.74 Å². The predicted octanol–water partition coefficient (Wildman–Crippen LogP) is 4.82. The lowest BCUT2D eigenvalue weighted by Gasteiger charge is -2.38. The van der Waals surface area contributed by atoms with Gasteiger partial charge in [-0.2, -0.15) is 0 Å². The van der Waals surface area contributed by atoms with Crippen LogP contribution in [0, 0.1) is 0 Å². The first-order valence-electron chi connectivity index (χ1n) is 10.6. The Morgan fingerprint density at radius 3 is 2.55 bits per heavy atom. The third kappa shape index (κ3) is 3.85. The van der Waals surface area contributed by atoms with E-state index >= 15 is 0 Å². The normalized spacial score (nSPS) is 22.5. The van der Waals surface area contributed by atoms with E-state index in [-0.39, 0.29) is 35.7 Å². The molecular weight excluding hydrogens is 434 g/mol. The first kappa shape index (κ1) is 21.8. The molecule has 2 saturated heterocycles. The summed E-state index contributed by atoms with van der Waals surface area (Å²) in [6, 6.07) is 9.98. The molecular formula is C23H26ClN3O3S. The van der Waals surface area contributed by atoms with Crippen LogP contribution in [0.25, 0.3) is 10.9 Å². The topological polar surface area (TPSA) is 64.4 Å². The first-order chi connectivity index (χ1) is 14.5. The fraction of sp³-hybridized carbons (Fsp3) is 0.435. The van der Waals surface area contributed by atoms with Crippen LogP contribution in [0.3, 0.4) is 0 Å². The molecule has 3 atom stereocenters. The number of anilines is 1. The summed E-state index contributed by atoms with van der Waals surface area (Å²) >= 11 is 1.66. The number of carbonyl (C=O) groups excluding carboxylic acids is 1. The lowest BCUT2D eigenvalue weighted by Crippen LogP contribution is -2.46.